The zero-order valence-corrected chi connectivity index (χ0v) is 9.63. The lowest BCUT2D eigenvalue weighted by Crippen LogP contribution is -2.55. The van der Waals surface area contributed by atoms with Gasteiger partial charge in [0.05, 0.1) is 0 Å². The summed E-state index contributed by atoms with van der Waals surface area (Å²) >= 11 is 0. The molecule has 0 N–H and O–H groups in total. The Balaban J connectivity index is 2.51. The van der Waals surface area contributed by atoms with E-state index in [4.69, 9.17) is 0 Å². The molecule has 100 valence electrons. The number of hydrogen-bond donors (Lipinski definition) is 0. The number of nitrogens with zero attached hydrogens (tertiary/aromatic N) is 2. The molecule has 17 heavy (non-hydrogen) atoms. The van der Waals surface area contributed by atoms with E-state index in [0.29, 0.717) is 13.1 Å². The lowest BCUT2D eigenvalue weighted by atomic mass is 10.2. The van der Waals surface area contributed by atoms with Gasteiger partial charge in [0.25, 0.3) is 5.91 Å². The molecule has 0 unspecified atom stereocenters. The smallest absolute Gasteiger partial charge is 0.335 e. The van der Waals surface area contributed by atoms with Gasteiger partial charge in [0.1, 0.15) is 0 Å². The van der Waals surface area contributed by atoms with Crippen LogP contribution >= 0.6 is 0 Å². The molecule has 1 aliphatic rings. The van der Waals surface area contributed by atoms with E-state index in [-0.39, 0.29) is 13.1 Å². The van der Waals surface area contributed by atoms with Crippen LogP contribution in [0.3, 0.4) is 0 Å². The number of halogens is 4. The van der Waals surface area contributed by atoms with Gasteiger partial charge in [-0.2, -0.15) is 8.78 Å². The third-order valence-electron chi connectivity index (χ3n) is 2.76. The Labute approximate surface area is 97.4 Å². The summed E-state index contributed by atoms with van der Waals surface area (Å²) in [6, 6.07) is 0. The first-order valence-corrected chi connectivity index (χ1v) is 5.57. The van der Waals surface area contributed by atoms with Crippen LogP contribution in [-0.2, 0) is 4.79 Å². The quantitative estimate of drug-likeness (QED) is 0.711. The van der Waals surface area contributed by atoms with Crippen LogP contribution in [0.5, 0.6) is 0 Å². The van der Waals surface area contributed by atoms with E-state index in [1.54, 1.807) is 0 Å². The Kier molecular flexibility index (Phi) is 4.73. The fourth-order valence-corrected chi connectivity index (χ4v) is 1.79. The Morgan fingerprint density at radius 1 is 1.24 bits per heavy atom. The molecule has 1 amide bonds. The number of hydrogen-bond acceptors (Lipinski definition) is 2. The van der Waals surface area contributed by atoms with Gasteiger partial charge in [-0.3, -0.25) is 9.69 Å². The molecule has 1 fully saturated rings. The van der Waals surface area contributed by atoms with Gasteiger partial charge in [-0.25, -0.2) is 8.78 Å². The first-order chi connectivity index (χ1) is 7.89. The second-order valence-electron chi connectivity index (χ2n) is 4.06. The highest BCUT2D eigenvalue weighted by molar-refractivity contribution is 5.84. The van der Waals surface area contributed by atoms with Crippen molar-refractivity contribution in [3.8, 4) is 0 Å². The molecular formula is C10H16F4N2O. The van der Waals surface area contributed by atoms with Crippen LogP contribution in [-0.4, -0.2) is 60.8 Å². The summed E-state index contributed by atoms with van der Waals surface area (Å²) in [5, 5.41) is 0. The molecule has 0 aliphatic carbocycles. The Morgan fingerprint density at radius 2 is 1.76 bits per heavy atom. The number of carbonyl (C=O) groups excluding carboxylic acids is 1. The normalized spacial score (nSPS) is 18.8. The SMILES string of the molecule is CCCN1CCN(C(=O)C(F)(F)C(F)F)CC1. The predicted molar refractivity (Wildman–Crippen MR) is 54.3 cm³/mol. The maximum atomic E-state index is 12.8. The van der Waals surface area contributed by atoms with Crippen molar-refractivity contribution in [3.05, 3.63) is 0 Å². The fraction of sp³-hybridized carbons (Fsp3) is 0.900. The maximum Gasteiger partial charge on any atom is 0.383 e. The Hall–Kier alpha value is -0.850. The van der Waals surface area contributed by atoms with Crippen molar-refractivity contribution < 1.29 is 22.4 Å². The van der Waals surface area contributed by atoms with E-state index in [9.17, 15) is 22.4 Å². The summed E-state index contributed by atoms with van der Waals surface area (Å²) < 4.78 is 49.6. The van der Waals surface area contributed by atoms with Gasteiger partial charge in [0, 0.05) is 26.2 Å². The first kappa shape index (κ1) is 14.2. The largest absolute Gasteiger partial charge is 0.383 e. The van der Waals surface area contributed by atoms with Crippen molar-refractivity contribution in [1.82, 2.24) is 9.80 Å². The Bertz CT molecular complexity index is 265. The van der Waals surface area contributed by atoms with Gasteiger partial charge in [-0.1, -0.05) is 6.92 Å². The molecule has 0 aromatic heterocycles. The van der Waals surface area contributed by atoms with Crippen molar-refractivity contribution in [1.29, 1.82) is 0 Å². The van der Waals surface area contributed by atoms with Crippen LogP contribution in [0, 0.1) is 0 Å². The molecule has 0 atom stereocenters. The predicted octanol–water partition coefficient (Wildman–Crippen LogP) is 1.44. The van der Waals surface area contributed by atoms with Crippen molar-refractivity contribution in [3.63, 3.8) is 0 Å². The number of rotatable bonds is 4. The van der Waals surface area contributed by atoms with Crippen LogP contribution in [0.4, 0.5) is 17.6 Å². The summed E-state index contributed by atoms with van der Waals surface area (Å²) in [7, 11) is 0. The summed E-state index contributed by atoms with van der Waals surface area (Å²) in [5.41, 5.74) is 0. The molecule has 7 heteroatoms. The van der Waals surface area contributed by atoms with E-state index in [1.165, 1.54) is 0 Å². The van der Waals surface area contributed by atoms with Crippen LogP contribution in [0.2, 0.25) is 0 Å². The molecular weight excluding hydrogens is 240 g/mol. The van der Waals surface area contributed by atoms with Crippen molar-refractivity contribution in [2.24, 2.45) is 0 Å². The standard InChI is InChI=1S/C10H16F4N2O/c1-2-3-15-4-6-16(7-5-15)9(17)10(13,14)8(11)12/h8H,2-7H2,1H3. The lowest BCUT2D eigenvalue weighted by molar-refractivity contribution is -0.182. The second kappa shape index (κ2) is 5.66. The van der Waals surface area contributed by atoms with Crippen LogP contribution in [0.1, 0.15) is 13.3 Å². The van der Waals surface area contributed by atoms with Crippen molar-refractivity contribution >= 4 is 5.91 Å². The Morgan fingerprint density at radius 3 is 2.18 bits per heavy atom. The lowest BCUT2D eigenvalue weighted by Gasteiger charge is -2.35. The van der Waals surface area contributed by atoms with Gasteiger partial charge in [0.15, 0.2) is 0 Å². The van der Waals surface area contributed by atoms with Crippen LogP contribution in [0.15, 0.2) is 0 Å². The first-order valence-electron chi connectivity index (χ1n) is 5.57. The van der Waals surface area contributed by atoms with Crippen LogP contribution in [0.25, 0.3) is 0 Å². The van der Waals surface area contributed by atoms with E-state index in [1.807, 2.05) is 11.8 Å². The van der Waals surface area contributed by atoms with Crippen molar-refractivity contribution in [2.75, 3.05) is 32.7 Å². The molecule has 1 saturated heterocycles. The second-order valence-corrected chi connectivity index (χ2v) is 4.06. The van der Waals surface area contributed by atoms with E-state index in [2.05, 4.69) is 0 Å². The minimum atomic E-state index is -4.56. The molecule has 0 saturated carbocycles. The number of carbonyl (C=O) groups is 1. The van der Waals surface area contributed by atoms with Gasteiger partial charge >= 0.3 is 12.3 Å². The van der Waals surface area contributed by atoms with E-state index < -0.39 is 18.3 Å². The van der Waals surface area contributed by atoms with Crippen molar-refractivity contribution in [2.45, 2.75) is 25.7 Å². The minimum absolute atomic E-state index is 0.0845. The summed E-state index contributed by atoms with van der Waals surface area (Å²) in [6.45, 7) is 3.90. The molecule has 0 aromatic rings. The average molecular weight is 256 g/mol. The highest BCUT2D eigenvalue weighted by Crippen LogP contribution is 2.25. The molecule has 0 spiro atoms. The molecule has 0 radical (unpaired) electrons. The monoisotopic (exact) mass is 256 g/mol. The van der Waals surface area contributed by atoms with E-state index in [0.717, 1.165) is 17.9 Å². The number of alkyl halides is 4. The summed E-state index contributed by atoms with van der Waals surface area (Å²) in [4.78, 5) is 14.0. The molecule has 1 rings (SSSR count). The number of piperazine rings is 1. The molecule has 0 aromatic carbocycles. The van der Waals surface area contributed by atoms with Gasteiger partial charge in [-0.05, 0) is 13.0 Å². The zero-order valence-electron chi connectivity index (χ0n) is 9.63. The maximum absolute atomic E-state index is 12.8. The van der Waals surface area contributed by atoms with E-state index >= 15 is 0 Å². The zero-order chi connectivity index (χ0) is 13.1. The number of amides is 1. The third-order valence-corrected chi connectivity index (χ3v) is 2.76. The summed E-state index contributed by atoms with van der Waals surface area (Å²) in [6.07, 6.45) is -3.01. The minimum Gasteiger partial charge on any atom is -0.335 e. The highest BCUT2D eigenvalue weighted by Gasteiger charge is 2.51. The topological polar surface area (TPSA) is 23.6 Å². The van der Waals surface area contributed by atoms with Gasteiger partial charge in [-0.15, -0.1) is 0 Å². The molecule has 3 nitrogen and oxygen atoms in total. The van der Waals surface area contributed by atoms with Gasteiger partial charge in [0.2, 0.25) is 0 Å². The third kappa shape index (κ3) is 3.31. The van der Waals surface area contributed by atoms with Gasteiger partial charge < -0.3 is 4.90 Å². The fourth-order valence-electron chi connectivity index (χ4n) is 1.79. The molecule has 0 bridgehead atoms. The highest BCUT2D eigenvalue weighted by atomic mass is 19.3. The van der Waals surface area contributed by atoms with Crippen LogP contribution < -0.4 is 0 Å². The molecule has 1 aliphatic heterocycles. The average Bonchev–Trinajstić information content (AvgIpc) is 2.29. The summed E-state index contributed by atoms with van der Waals surface area (Å²) in [5.74, 6) is -6.32. The molecule has 1 heterocycles.